The molecule has 1 aliphatic heterocycles. The van der Waals surface area contributed by atoms with Gasteiger partial charge in [0, 0.05) is 25.1 Å². The van der Waals surface area contributed by atoms with Gasteiger partial charge in [-0.1, -0.05) is 19.4 Å². The number of thiophene rings is 1. The summed E-state index contributed by atoms with van der Waals surface area (Å²) in [7, 11) is 0. The van der Waals surface area contributed by atoms with Crippen LogP contribution in [0.2, 0.25) is 0 Å². The van der Waals surface area contributed by atoms with Crippen molar-refractivity contribution in [2.75, 3.05) is 24.1 Å². The molecule has 0 aromatic carbocycles. The predicted molar refractivity (Wildman–Crippen MR) is 92.6 cm³/mol. The Morgan fingerprint density at radius 1 is 1.48 bits per heavy atom. The molecule has 6 nitrogen and oxygen atoms in total. The lowest BCUT2D eigenvalue weighted by Crippen LogP contribution is -2.36. The van der Waals surface area contributed by atoms with Crippen molar-refractivity contribution in [1.82, 2.24) is 14.9 Å². The van der Waals surface area contributed by atoms with E-state index in [2.05, 4.69) is 22.2 Å². The first-order chi connectivity index (χ1) is 11.2. The molecule has 2 aromatic rings. The highest BCUT2D eigenvalue weighted by Gasteiger charge is 2.26. The molecule has 0 fully saturated rings. The third-order valence-electron chi connectivity index (χ3n) is 3.92. The van der Waals surface area contributed by atoms with E-state index in [0.717, 1.165) is 41.3 Å². The van der Waals surface area contributed by atoms with E-state index in [1.165, 1.54) is 11.3 Å². The first-order valence-corrected chi connectivity index (χ1v) is 8.79. The van der Waals surface area contributed by atoms with Gasteiger partial charge in [0.15, 0.2) is 0 Å². The fraction of sp³-hybridized carbons (Fsp3) is 0.438. The Kier molecular flexibility index (Phi) is 4.76. The number of hydrogen-bond acceptors (Lipinski definition) is 6. The summed E-state index contributed by atoms with van der Waals surface area (Å²) >= 11 is 1.47. The lowest BCUT2D eigenvalue weighted by molar-refractivity contribution is 0.0739. The number of amides is 1. The van der Waals surface area contributed by atoms with Crippen LogP contribution < -0.4 is 11.1 Å². The molecule has 0 atom stereocenters. The third kappa shape index (κ3) is 3.44. The van der Waals surface area contributed by atoms with Crippen molar-refractivity contribution in [2.24, 2.45) is 0 Å². The van der Waals surface area contributed by atoms with Crippen LogP contribution in [-0.4, -0.2) is 33.9 Å². The van der Waals surface area contributed by atoms with Gasteiger partial charge in [-0.3, -0.25) is 4.79 Å². The van der Waals surface area contributed by atoms with Crippen LogP contribution in [0, 0.1) is 0 Å². The summed E-state index contributed by atoms with van der Waals surface area (Å²) in [5, 5.41) is 5.27. The maximum atomic E-state index is 12.6. The van der Waals surface area contributed by atoms with E-state index in [1.807, 2.05) is 22.4 Å². The Morgan fingerprint density at radius 3 is 3.09 bits per heavy atom. The summed E-state index contributed by atoms with van der Waals surface area (Å²) < 4.78 is 0. The van der Waals surface area contributed by atoms with Crippen molar-refractivity contribution in [3.8, 4) is 0 Å². The van der Waals surface area contributed by atoms with Gasteiger partial charge in [-0.05, 0) is 17.9 Å². The second-order valence-electron chi connectivity index (χ2n) is 5.59. The standard InChI is InChI=1S/C16H21N5OS/c1-2-3-7-18-14-11-10-21(15(22)13-5-4-9-23-13)8-6-12(11)19-16(17)20-14/h4-5,9H,2-3,6-8,10H2,1H3,(H3,17,18,19,20). The highest BCUT2D eigenvalue weighted by atomic mass is 32.1. The molecular formula is C16H21N5OS. The first-order valence-electron chi connectivity index (χ1n) is 7.91. The molecule has 0 aliphatic carbocycles. The van der Waals surface area contributed by atoms with Crippen LogP contribution in [0.4, 0.5) is 11.8 Å². The number of aromatic nitrogens is 2. The Balaban J connectivity index is 1.82. The fourth-order valence-corrected chi connectivity index (χ4v) is 3.38. The van der Waals surface area contributed by atoms with Gasteiger partial charge < -0.3 is 16.0 Å². The quantitative estimate of drug-likeness (QED) is 0.823. The second-order valence-corrected chi connectivity index (χ2v) is 6.54. The fourth-order valence-electron chi connectivity index (χ4n) is 2.69. The molecule has 2 aromatic heterocycles. The monoisotopic (exact) mass is 331 g/mol. The van der Waals surface area contributed by atoms with Gasteiger partial charge in [0.1, 0.15) is 5.82 Å². The van der Waals surface area contributed by atoms with Crippen molar-refractivity contribution in [3.63, 3.8) is 0 Å². The number of carbonyl (C=O) groups excluding carboxylic acids is 1. The number of nitrogen functional groups attached to an aromatic ring is 1. The summed E-state index contributed by atoms with van der Waals surface area (Å²) in [5.41, 5.74) is 7.76. The summed E-state index contributed by atoms with van der Waals surface area (Å²) in [5.74, 6) is 1.13. The van der Waals surface area contributed by atoms with Crippen molar-refractivity contribution in [2.45, 2.75) is 32.7 Å². The number of anilines is 2. The number of carbonyl (C=O) groups is 1. The van der Waals surface area contributed by atoms with E-state index in [9.17, 15) is 4.79 Å². The van der Waals surface area contributed by atoms with E-state index in [4.69, 9.17) is 5.73 Å². The van der Waals surface area contributed by atoms with Gasteiger partial charge in [0.25, 0.3) is 5.91 Å². The van der Waals surface area contributed by atoms with Gasteiger partial charge in [-0.25, -0.2) is 4.98 Å². The Bertz CT molecular complexity index is 686. The molecule has 0 spiro atoms. The maximum absolute atomic E-state index is 12.6. The van der Waals surface area contributed by atoms with Crippen molar-refractivity contribution < 1.29 is 4.79 Å². The van der Waals surface area contributed by atoms with Crippen LogP contribution >= 0.6 is 11.3 Å². The molecule has 0 saturated carbocycles. The van der Waals surface area contributed by atoms with E-state index < -0.39 is 0 Å². The lowest BCUT2D eigenvalue weighted by atomic mass is 10.1. The highest BCUT2D eigenvalue weighted by Crippen LogP contribution is 2.26. The minimum Gasteiger partial charge on any atom is -0.370 e. The largest absolute Gasteiger partial charge is 0.370 e. The number of nitrogens with zero attached hydrogens (tertiary/aromatic N) is 3. The molecule has 0 bridgehead atoms. The van der Waals surface area contributed by atoms with Crippen molar-refractivity contribution in [3.05, 3.63) is 33.6 Å². The van der Waals surface area contributed by atoms with E-state index in [1.54, 1.807) is 0 Å². The maximum Gasteiger partial charge on any atom is 0.264 e. The number of fused-ring (bicyclic) bond motifs is 1. The molecule has 0 radical (unpaired) electrons. The van der Waals surface area contributed by atoms with Crippen LogP contribution in [0.1, 0.15) is 40.7 Å². The number of unbranched alkanes of at least 4 members (excludes halogenated alkanes) is 1. The Hall–Kier alpha value is -2.15. The molecule has 1 aliphatic rings. The van der Waals surface area contributed by atoms with Crippen LogP contribution in [0.15, 0.2) is 17.5 Å². The van der Waals surface area contributed by atoms with Crippen molar-refractivity contribution in [1.29, 1.82) is 0 Å². The van der Waals surface area contributed by atoms with E-state index in [-0.39, 0.29) is 5.91 Å². The van der Waals surface area contributed by atoms with Gasteiger partial charge in [-0.2, -0.15) is 4.98 Å². The molecule has 7 heteroatoms. The zero-order chi connectivity index (χ0) is 16.2. The van der Waals surface area contributed by atoms with Gasteiger partial charge in [-0.15, -0.1) is 11.3 Å². The Morgan fingerprint density at radius 2 is 2.35 bits per heavy atom. The van der Waals surface area contributed by atoms with Crippen LogP contribution in [0.5, 0.6) is 0 Å². The zero-order valence-electron chi connectivity index (χ0n) is 13.2. The van der Waals surface area contributed by atoms with Crippen LogP contribution in [0.3, 0.4) is 0 Å². The first kappa shape index (κ1) is 15.7. The molecule has 3 N–H and O–H groups in total. The van der Waals surface area contributed by atoms with Crippen molar-refractivity contribution >= 4 is 29.0 Å². The van der Waals surface area contributed by atoms with Gasteiger partial charge in [0.2, 0.25) is 5.95 Å². The summed E-state index contributed by atoms with van der Waals surface area (Å²) in [6.45, 7) is 4.18. The minimum absolute atomic E-state index is 0.0713. The molecule has 3 rings (SSSR count). The van der Waals surface area contributed by atoms with E-state index >= 15 is 0 Å². The molecule has 0 unspecified atom stereocenters. The number of hydrogen-bond donors (Lipinski definition) is 2. The summed E-state index contributed by atoms with van der Waals surface area (Å²) in [6.07, 6.45) is 2.89. The number of nitrogens with two attached hydrogens (primary N) is 1. The number of rotatable bonds is 5. The van der Waals surface area contributed by atoms with E-state index in [0.29, 0.717) is 25.5 Å². The SMILES string of the molecule is CCCCNc1nc(N)nc2c1CN(C(=O)c1cccs1)CC2. The zero-order valence-corrected chi connectivity index (χ0v) is 14.0. The third-order valence-corrected chi connectivity index (χ3v) is 4.78. The highest BCUT2D eigenvalue weighted by molar-refractivity contribution is 7.12. The van der Waals surface area contributed by atoms with Crippen LogP contribution in [0.25, 0.3) is 0 Å². The lowest BCUT2D eigenvalue weighted by Gasteiger charge is -2.29. The Labute approximate surface area is 139 Å². The minimum atomic E-state index is 0.0713. The smallest absolute Gasteiger partial charge is 0.264 e. The summed E-state index contributed by atoms with van der Waals surface area (Å²) in [4.78, 5) is 23.9. The average molecular weight is 331 g/mol. The van der Waals surface area contributed by atoms with Gasteiger partial charge in [0.05, 0.1) is 17.1 Å². The molecule has 1 amide bonds. The molecular weight excluding hydrogens is 310 g/mol. The molecule has 23 heavy (non-hydrogen) atoms. The molecule has 122 valence electrons. The molecule has 3 heterocycles. The number of nitrogens with one attached hydrogen (secondary N) is 1. The second kappa shape index (κ2) is 6.95. The normalized spacial score (nSPS) is 13.7. The predicted octanol–water partition coefficient (Wildman–Crippen LogP) is 2.53. The van der Waals surface area contributed by atoms with Crippen LogP contribution in [-0.2, 0) is 13.0 Å². The molecule has 0 saturated heterocycles. The average Bonchev–Trinajstić information content (AvgIpc) is 3.08. The van der Waals surface area contributed by atoms with Gasteiger partial charge >= 0.3 is 0 Å². The topological polar surface area (TPSA) is 84.1 Å². The summed E-state index contributed by atoms with van der Waals surface area (Å²) in [6, 6.07) is 3.76.